The maximum absolute atomic E-state index is 12.8. The third-order valence-corrected chi connectivity index (χ3v) is 4.59. The van der Waals surface area contributed by atoms with Crippen molar-refractivity contribution in [3.8, 4) is 11.3 Å². The van der Waals surface area contributed by atoms with Crippen molar-refractivity contribution >= 4 is 34.8 Å². The summed E-state index contributed by atoms with van der Waals surface area (Å²) in [7, 11) is 0. The number of nitrogens with one attached hydrogen (secondary N) is 2. The van der Waals surface area contributed by atoms with Crippen LogP contribution in [0.2, 0.25) is 5.02 Å². The van der Waals surface area contributed by atoms with Crippen LogP contribution < -0.4 is 16.2 Å². The topological polar surface area (TPSA) is 93.1 Å². The van der Waals surface area contributed by atoms with Crippen molar-refractivity contribution in [2.45, 2.75) is 26.8 Å². The number of hydrogen-bond donors (Lipinski definition) is 2. The minimum Gasteiger partial charge on any atom is -0.324 e. The van der Waals surface area contributed by atoms with E-state index in [1.54, 1.807) is 31.2 Å². The molecule has 3 aromatic rings. The van der Waals surface area contributed by atoms with Crippen molar-refractivity contribution in [2.75, 3.05) is 10.6 Å². The van der Waals surface area contributed by atoms with Crippen LogP contribution in [-0.2, 0) is 16.1 Å². The largest absolute Gasteiger partial charge is 0.324 e. The van der Waals surface area contributed by atoms with Gasteiger partial charge in [0.05, 0.1) is 5.69 Å². The Morgan fingerprint density at radius 2 is 1.67 bits per heavy atom. The number of carbonyl (C=O) groups excluding carboxylic acids is 2. The maximum atomic E-state index is 12.8. The molecule has 0 spiro atoms. The van der Waals surface area contributed by atoms with E-state index in [4.69, 9.17) is 11.6 Å². The van der Waals surface area contributed by atoms with E-state index in [-0.39, 0.29) is 24.6 Å². The van der Waals surface area contributed by atoms with Gasteiger partial charge in [-0.1, -0.05) is 48.4 Å². The Balaban J connectivity index is 1.93. The second kappa shape index (κ2) is 9.37. The molecule has 2 aromatic carbocycles. The van der Waals surface area contributed by atoms with E-state index < -0.39 is 11.5 Å². The fourth-order valence-corrected chi connectivity index (χ4v) is 2.84. The van der Waals surface area contributed by atoms with Gasteiger partial charge in [-0.3, -0.25) is 14.4 Å². The lowest BCUT2D eigenvalue weighted by molar-refractivity contribution is -0.117. The Morgan fingerprint density at radius 3 is 2.30 bits per heavy atom. The number of nitrogens with zero attached hydrogens (tertiary/aromatic N) is 2. The number of hydrogen-bond acceptors (Lipinski definition) is 4. The lowest BCUT2D eigenvalue weighted by Crippen LogP contribution is -2.32. The number of carbonyl (C=O) groups is 2. The molecule has 154 valence electrons. The maximum Gasteiger partial charge on any atom is 0.291 e. The molecule has 0 aliphatic rings. The van der Waals surface area contributed by atoms with E-state index in [1.165, 1.54) is 6.07 Å². The Morgan fingerprint density at radius 1 is 1.00 bits per heavy atom. The molecule has 1 aromatic heterocycles. The Bertz CT molecular complexity index is 1120. The zero-order valence-corrected chi connectivity index (χ0v) is 17.4. The highest BCUT2D eigenvalue weighted by atomic mass is 35.5. The van der Waals surface area contributed by atoms with E-state index in [0.29, 0.717) is 16.4 Å². The number of rotatable bonds is 6. The SMILES string of the molecule is CCC(=O)Nc1cc(-c2ccc(C)cc2)nn(CC(=O)Nc2ccc(Cl)cc2)c1=O. The Labute approximate surface area is 178 Å². The third-order valence-electron chi connectivity index (χ3n) is 4.34. The van der Waals surface area contributed by atoms with Crippen LogP contribution in [0.4, 0.5) is 11.4 Å². The summed E-state index contributed by atoms with van der Waals surface area (Å²) < 4.78 is 1.05. The predicted molar refractivity (Wildman–Crippen MR) is 118 cm³/mol. The number of halogens is 1. The number of aryl methyl sites for hydroxylation is 1. The van der Waals surface area contributed by atoms with E-state index >= 15 is 0 Å². The fourth-order valence-electron chi connectivity index (χ4n) is 2.71. The van der Waals surface area contributed by atoms with Gasteiger partial charge in [0, 0.05) is 22.7 Å². The van der Waals surface area contributed by atoms with Gasteiger partial charge in [-0.05, 0) is 37.3 Å². The molecule has 30 heavy (non-hydrogen) atoms. The van der Waals surface area contributed by atoms with Crippen LogP contribution in [0.1, 0.15) is 18.9 Å². The van der Waals surface area contributed by atoms with Crippen LogP contribution in [0.5, 0.6) is 0 Å². The molecule has 3 rings (SSSR count). The van der Waals surface area contributed by atoms with Gasteiger partial charge in [0.15, 0.2) is 0 Å². The second-order valence-corrected chi connectivity index (χ2v) is 7.17. The average molecular weight is 425 g/mol. The third kappa shape index (κ3) is 5.33. The van der Waals surface area contributed by atoms with Crippen LogP contribution in [0, 0.1) is 6.92 Å². The van der Waals surface area contributed by atoms with Crippen LogP contribution in [-0.4, -0.2) is 21.6 Å². The summed E-state index contributed by atoms with van der Waals surface area (Å²) in [4.78, 5) is 37.1. The molecular weight excluding hydrogens is 404 g/mol. The molecule has 0 atom stereocenters. The minimum absolute atomic E-state index is 0.0757. The number of aromatic nitrogens is 2. The normalized spacial score (nSPS) is 10.5. The van der Waals surface area contributed by atoms with E-state index in [0.717, 1.165) is 15.8 Å². The Kier molecular flexibility index (Phi) is 6.64. The summed E-state index contributed by atoms with van der Waals surface area (Å²) in [5.74, 6) is -0.730. The molecule has 2 amide bonds. The molecule has 0 unspecified atom stereocenters. The van der Waals surface area contributed by atoms with Crippen LogP contribution >= 0.6 is 11.6 Å². The highest BCUT2D eigenvalue weighted by Crippen LogP contribution is 2.19. The van der Waals surface area contributed by atoms with E-state index in [2.05, 4.69) is 15.7 Å². The zero-order chi connectivity index (χ0) is 21.7. The molecule has 0 fully saturated rings. The standard InChI is InChI=1S/C22H21ClN4O3/c1-3-20(28)25-19-12-18(15-6-4-14(2)5-7-15)26-27(22(19)30)13-21(29)24-17-10-8-16(23)9-11-17/h4-12H,3,13H2,1-2H3,(H,24,29)(H,25,28). The van der Waals surface area contributed by atoms with Crippen molar-refractivity contribution in [3.05, 3.63) is 75.5 Å². The summed E-state index contributed by atoms with van der Waals surface area (Å²) in [6.45, 7) is 3.35. The van der Waals surface area contributed by atoms with Gasteiger partial charge in [-0.15, -0.1) is 0 Å². The molecule has 1 heterocycles. The second-order valence-electron chi connectivity index (χ2n) is 6.73. The molecule has 7 nitrogen and oxygen atoms in total. The zero-order valence-electron chi connectivity index (χ0n) is 16.6. The summed E-state index contributed by atoms with van der Waals surface area (Å²) in [6, 6.07) is 15.7. The quantitative estimate of drug-likeness (QED) is 0.628. The van der Waals surface area contributed by atoms with Gasteiger partial charge in [-0.2, -0.15) is 5.10 Å². The Hall–Kier alpha value is -3.45. The molecule has 8 heteroatoms. The first-order valence-corrected chi connectivity index (χ1v) is 9.78. The van der Waals surface area contributed by atoms with E-state index in [9.17, 15) is 14.4 Å². The van der Waals surface area contributed by atoms with E-state index in [1.807, 2.05) is 31.2 Å². The first kappa shape index (κ1) is 21.3. The highest BCUT2D eigenvalue weighted by Gasteiger charge is 2.14. The van der Waals surface area contributed by atoms with Crippen LogP contribution in [0.25, 0.3) is 11.3 Å². The van der Waals surface area contributed by atoms with Crippen molar-refractivity contribution in [2.24, 2.45) is 0 Å². The highest BCUT2D eigenvalue weighted by molar-refractivity contribution is 6.30. The van der Waals surface area contributed by atoms with Crippen molar-refractivity contribution in [3.63, 3.8) is 0 Å². The van der Waals surface area contributed by atoms with Crippen molar-refractivity contribution < 1.29 is 9.59 Å². The molecule has 0 aliphatic carbocycles. The molecule has 0 bridgehead atoms. The lowest BCUT2D eigenvalue weighted by Gasteiger charge is -2.12. The van der Waals surface area contributed by atoms with Gasteiger partial charge in [-0.25, -0.2) is 4.68 Å². The van der Waals surface area contributed by atoms with Gasteiger partial charge in [0.25, 0.3) is 5.56 Å². The minimum atomic E-state index is -0.557. The van der Waals surface area contributed by atoms with Crippen molar-refractivity contribution in [1.82, 2.24) is 9.78 Å². The smallest absolute Gasteiger partial charge is 0.291 e. The molecule has 0 saturated carbocycles. The molecule has 0 radical (unpaired) electrons. The molecular formula is C22H21ClN4O3. The van der Waals surface area contributed by atoms with Crippen LogP contribution in [0.3, 0.4) is 0 Å². The fraction of sp³-hybridized carbons (Fsp3) is 0.182. The first-order chi connectivity index (χ1) is 14.4. The summed E-state index contributed by atoms with van der Waals surface area (Å²) in [6.07, 6.45) is 0.221. The van der Waals surface area contributed by atoms with Gasteiger partial charge < -0.3 is 10.6 Å². The first-order valence-electron chi connectivity index (χ1n) is 9.40. The molecule has 0 saturated heterocycles. The van der Waals surface area contributed by atoms with Gasteiger partial charge in [0.2, 0.25) is 11.8 Å². The summed E-state index contributed by atoms with van der Waals surface area (Å²) >= 11 is 5.85. The number of anilines is 2. The lowest BCUT2D eigenvalue weighted by atomic mass is 10.1. The summed E-state index contributed by atoms with van der Waals surface area (Å²) in [5, 5.41) is 10.2. The number of benzene rings is 2. The van der Waals surface area contributed by atoms with Crippen molar-refractivity contribution in [1.29, 1.82) is 0 Å². The predicted octanol–water partition coefficient (Wildman–Crippen LogP) is 3.86. The van der Waals surface area contributed by atoms with Gasteiger partial charge in [0.1, 0.15) is 12.2 Å². The average Bonchev–Trinajstić information content (AvgIpc) is 2.73. The monoisotopic (exact) mass is 424 g/mol. The van der Waals surface area contributed by atoms with Crippen LogP contribution in [0.15, 0.2) is 59.4 Å². The number of amides is 2. The molecule has 2 N–H and O–H groups in total. The van der Waals surface area contributed by atoms with Gasteiger partial charge >= 0.3 is 0 Å². The summed E-state index contributed by atoms with van der Waals surface area (Å²) in [5.41, 5.74) is 2.38. The molecule has 0 aliphatic heterocycles.